The number of rotatable bonds is 4. The molecular weight excluding hydrogens is 188 g/mol. The Morgan fingerprint density at radius 3 is 1.21 bits per heavy atom. The minimum atomic E-state index is -1.50. The van der Waals surface area contributed by atoms with Crippen LogP contribution in [0.25, 0.3) is 0 Å². The highest BCUT2D eigenvalue weighted by atomic mass is 16.9. The Bertz CT molecular complexity index is 116. The first-order valence-corrected chi connectivity index (χ1v) is 4.66. The molecule has 0 spiro atoms. The van der Waals surface area contributed by atoms with Crippen LogP contribution < -0.4 is 0 Å². The van der Waals surface area contributed by atoms with Crippen molar-refractivity contribution in [1.82, 2.24) is 0 Å². The van der Waals surface area contributed by atoms with E-state index in [-0.39, 0.29) is 5.48 Å². The van der Waals surface area contributed by atoms with Gasteiger partial charge < -0.3 is 15.2 Å². The standard InChI is InChI=1S/C8H20N.HNO3.H2O/c1-5-9(6-2,7-3)8-4;2-1(3)4;/h5-8H2,1-4H3;(H,2,3,4);1H2/q+1;;/p-1. The molecule has 0 radical (unpaired) electrons. The summed E-state index contributed by atoms with van der Waals surface area (Å²) >= 11 is 0. The van der Waals surface area contributed by atoms with Crippen LogP contribution in [0.5, 0.6) is 0 Å². The first-order valence-electron chi connectivity index (χ1n) is 4.66. The molecule has 0 heterocycles. The van der Waals surface area contributed by atoms with Crippen LogP contribution in [0.3, 0.4) is 0 Å². The molecule has 0 atom stereocenters. The van der Waals surface area contributed by atoms with Gasteiger partial charge in [-0.05, 0) is 27.7 Å². The van der Waals surface area contributed by atoms with Gasteiger partial charge >= 0.3 is 0 Å². The average Bonchev–Trinajstić information content (AvgIpc) is 2.09. The molecule has 0 saturated heterocycles. The van der Waals surface area contributed by atoms with Crippen LogP contribution >= 0.6 is 0 Å². The Kier molecular flexibility index (Phi) is 13.7. The fourth-order valence-corrected chi connectivity index (χ4v) is 1.34. The third-order valence-corrected chi connectivity index (χ3v) is 2.68. The highest BCUT2D eigenvalue weighted by Gasteiger charge is 2.16. The van der Waals surface area contributed by atoms with E-state index >= 15 is 0 Å². The summed E-state index contributed by atoms with van der Waals surface area (Å²) in [5.41, 5.74) is 0. The van der Waals surface area contributed by atoms with Crippen LogP contribution in [0.4, 0.5) is 0 Å². The third-order valence-electron chi connectivity index (χ3n) is 2.68. The van der Waals surface area contributed by atoms with Crippen molar-refractivity contribution < 1.29 is 20.3 Å². The van der Waals surface area contributed by atoms with Crippen LogP contribution in [0.2, 0.25) is 0 Å². The third kappa shape index (κ3) is 9.21. The van der Waals surface area contributed by atoms with Crippen molar-refractivity contribution in [3.63, 3.8) is 0 Å². The van der Waals surface area contributed by atoms with Crippen LogP contribution in [-0.4, -0.2) is 46.4 Å². The van der Waals surface area contributed by atoms with E-state index in [2.05, 4.69) is 27.7 Å². The van der Waals surface area contributed by atoms with E-state index in [1.807, 2.05) is 0 Å². The van der Waals surface area contributed by atoms with Gasteiger partial charge in [0.05, 0.1) is 26.2 Å². The monoisotopic (exact) mass is 210 g/mol. The number of hydrogen-bond donors (Lipinski definition) is 1. The zero-order chi connectivity index (χ0) is 10.9. The molecule has 0 aromatic heterocycles. The average molecular weight is 210 g/mol. The summed E-state index contributed by atoms with van der Waals surface area (Å²) < 4.78 is 1.28. The molecule has 6 nitrogen and oxygen atoms in total. The minimum absolute atomic E-state index is 0. The largest absolute Gasteiger partial charge is 0.870 e. The first-order chi connectivity index (χ1) is 5.97. The summed E-state index contributed by atoms with van der Waals surface area (Å²) in [6.07, 6.45) is 0. The van der Waals surface area contributed by atoms with Gasteiger partial charge in [-0.1, -0.05) is 0 Å². The van der Waals surface area contributed by atoms with Crippen molar-refractivity contribution >= 4 is 0 Å². The molecule has 0 aliphatic rings. The van der Waals surface area contributed by atoms with Gasteiger partial charge in [0, 0.05) is 0 Å². The van der Waals surface area contributed by atoms with Crippen molar-refractivity contribution in [3.8, 4) is 0 Å². The molecule has 0 bridgehead atoms. The summed E-state index contributed by atoms with van der Waals surface area (Å²) in [5.74, 6) is 0. The van der Waals surface area contributed by atoms with Crippen molar-refractivity contribution in [1.29, 1.82) is 0 Å². The second-order valence-corrected chi connectivity index (χ2v) is 2.84. The molecule has 0 rings (SSSR count). The SMILES string of the molecule is CC[N+](CC)(CC)CC.O=[N+]([O-])O.[OH-]. The van der Waals surface area contributed by atoms with E-state index in [0.717, 1.165) is 0 Å². The molecule has 0 unspecified atom stereocenters. The van der Waals surface area contributed by atoms with E-state index in [1.54, 1.807) is 0 Å². The second kappa shape index (κ2) is 10.2. The Hall–Kier alpha value is -0.880. The van der Waals surface area contributed by atoms with E-state index in [1.165, 1.54) is 30.7 Å². The van der Waals surface area contributed by atoms with Gasteiger partial charge in [0.2, 0.25) is 0 Å². The molecule has 6 heteroatoms. The van der Waals surface area contributed by atoms with Crippen molar-refractivity contribution in [3.05, 3.63) is 10.1 Å². The molecule has 0 fully saturated rings. The summed E-state index contributed by atoms with van der Waals surface area (Å²) in [6.45, 7) is 14.2. The normalized spacial score (nSPS) is 9.43. The van der Waals surface area contributed by atoms with Crippen molar-refractivity contribution in [2.24, 2.45) is 0 Å². The van der Waals surface area contributed by atoms with Crippen LogP contribution in [-0.2, 0) is 0 Å². The van der Waals surface area contributed by atoms with E-state index in [4.69, 9.17) is 15.3 Å². The van der Waals surface area contributed by atoms with Gasteiger partial charge in [-0.3, -0.25) is 0 Å². The highest BCUT2D eigenvalue weighted by Crippen LogP contribution is 2.03. The smallest absolute Gasteiger partial charge is 0.291 e. The molecule has 88 valence electrons. The number of quaternary nitrogens is 1. The molecule has 0 aromatic carbocycles. The Morgan fingerprint density at radius 2 is 1.21 bits per heavy atom. The molecule has 0 aliphatic carbocycles. The summed E-state index contributed by atoms with van der Waals surface area (Å²) in [4.78, 5) is 8.36. The maximum atomic E-state index is 8.36. The summed E-state index contributed by atoms with van der Waals surface area (Å²) in [7, 11) is 0. The fraction of sp³-hybridized carbons (Fsp3) is 1.00. The van der Waals surface area contributed by atoms with Crippen LogP contribution in [0, 0.1) is 10.1 Å². The predicted octanol–water partition coefficient (Wildman–Crippen LogP) is 1.36. The Morgan fingerprint density at radius 1 is 1.07 bits per heavy atom. The van der Waals surface area contributed by atoms with Crippen LogP contribution in [0.15, 0.2) is 0 Å². The number of hydrogen-bond acceptors (Lipinski definition) is 3. The van der Waals surface area contributed by atoms with Gasteiger partial charge in [-0.15, -0.1) is 10.1 Å². The van der Waals surface area contributed by atoms with Gasteiger partial charge in [-0.2, -0.15) is 0 Å². The van der Waals surface area contributed by atoms with Gasteiger partial charge in [0.1, 0.15) is 0 Å². The van der Waals surface area contributed by atoms with E-state index < -0.39 is 5.09 Å². The van der Waals surface area contributed by atoms with Gasteiger partial charge in [0.25, 0.3) is 5.09 Å². The molecule has 0 saturated carbocycles. The molecule has 0 aliphatic heterocycles. The molecule has 0 aromatic rings. The quantitative estimate of drug-likeness (QED) is 0.430. The Labute approximate surface area is 85.2 Å². The predicted molar refractivity (Wildman–Crippen MR) is 53.1 cm³/mol. The molecule has 14 heavy (non-hydrogen) atoms. The minimum Gasteiger partial charge on any atom is -0.870 e. The van der Waals surface area contributed by atoms with Crippen LogP contribution in [0.1, 0.15) is 27.7 Å². The van der Waals surface area contributed by atoms with E-state index in [9.17, 15) is 0 Å². The maximum absolute atomic E-state index is 8.36. The lowest BCUT2D eigenvalue weighted by atomic mass is 10.3. The Balaban J connectivity index is -0.000000209. The lowest BCUT2D eigenvalue weighted by molar-refractivity contribution is -0.921. The lowest BCUT2D eigenvalue weighted by Gasteiger charge is -2.34. The molecular formula is C8H22N2O4. The van der Waals surface area contributed by atoms with E-state index in [0.29, 0.717) is 0 Å². The molecule has 0 amide bonds. The zero-order valence-corrected chi connectivity index (χ0v) is 9.43. The second-order valence-electron chi connectivity index (χ2n) is 2.84. The summed E-state index contributed by atoms with van der Waals surface area (Å²) in [6, 6.07) is 0. The van der Waals surface area contributed by atoms with Crippen molar-refractivity contribution in [2.75, 3.05) is 26.2 Å². The van der Waals surface area contributed by atoms with Gasteiger partial charge in [-0.25, -0.2) is 0 Å². The topological polar surface area (TPSA) is 93.4 Å². The highest BCUT2D eigenvalue weighted by molar-refractivity contribution is 4.31. The lowest BCUT2D eigenvalue weighted by Crippen LogP contribution is -2.47. The first kappa shape index (κ1) is 18.8. The maximum Gasteiger partial charge on any atom is 0.291 e. The fourth-order valence-electron chi connectivity index (χ4n) is 1.34. The summed E-state index contributed by atoms with van der Waals surface area (Å²) in [5, 5.41) is 13.6. The van der Waals surface area contributed by atoms with Crippen molar-refractivity contribution in [2.45, 2.75) is 27.7 Å². The number of nitrogens with zero attached hydrogens (tertiary/aromatic N) is 2. The molecule has 2 N–H and O–H groups in total. The van der Waals surface area contributed by atoms with Gasteiger partial charge in [0.15, 0.2) is 0 Å². The zero-order valence-electron chi connectivity index (χ0n) is 9.43.